The molecular weight excluding hydrogens is 326 g/mol. The highest BCUT2D eigenvalue weighted by Gasteiger charge is 2.26. The Balaban J connectivity index is 1.49. The van der Waals surface area contributed by atoms with Crippen LogP contribution in [-0.2, 0) is 24.2 Å². The third-order valence-electron chi connectivity index (χ3n) is 5.76. The highest BCUT2D eigenvalue weighted by atomic mass is 16.4. The molecule has 4 rings (SSSR count). The van der Waals surface area contributed by atoms with Gasteiger partial charge >= 0.3 is 5.97 Å². The van der Waals surface area contributed by atoms with Gasteiger partial charge < -0.3 is 5.11 Å². The van der Waals surface area contributed by atoms with E-state index in [0.29, 0.717) is 5.92 Å². The summed E-state index contributed by atoms with van der Waals surface area (Å²) < 4.78 is 2.14. The lowest BCUT2D eigenvalue weighted by Crippen LogP contribution is -2.35. The van der Waals surface area contributed by atoms with Crippen LogP contribution in [0.15, 0.2) is 30.3 Å². The molecule has 1 saturated heterocycles. The fourth-order valence-corrected chi connectivity index (χ4v) is 4.49. The normalized spacial score (nSPS) is 20.2. The lowest BCUT2D eigenvalue weighted by atomic mass is 9.93. The molecule has 1 atom stereocenters. The van der Waals surface area contributed by atoms with Crippen LogP contribution >= 0.6 is 0 Å². The molecule has 1 fully saturated rings. The Kier molecular flexibility index (Phi) is 5.07. The minimum atomic E-state index is -0.679. The van der Waals surface area contributed by atoms with Crippen LogP contribution in [0, 0.1) is 5.92 Å². The van der Waals surface area contributed by atoms with E-state index < -0.39 is 5.97 Å². The number of hydrogen-bond acceptors (Lipinski definition) is 3. The van der Waals surface area contributed by atoms with Gasteiger partial charge in [-0.15, -0.1) is 0 Å². The first-order valence-electron chi connectivity index (χ1n) is 9.80. The first-order chi connectivity index (χ1) is 12.7. The Hall–Kier alpha value is -2.14. The number of aromatic nitrogens is 2. The van der Waals surface area contributed by atoms with Gasteiger partial charge in [-0.2, -0.15) is 5.10 Å². The molecule has 1 unspecified atom stereocenters. The van der Waals surface area contributed by atoms with E-state index in [2.05, 4.69) is 33.8 Å². The average Bonchev–Trinajstić information content (AvgIpc) is 3.25. The van der Waals surface area contributed by atoms with Gasteiger partial charge in [0.1, 0.15) is 0 Å². The van der Waals surface area contributed by atoms with Gasteiger partial charge in [0.15, 0.2) is 0 Å². The second kappa shape index (κ2) is 7.62. The summed E-state index contributed by atoms with van der Waals surface area (Å²) in [6, 6.07) is 10.4. The fraction of sp³-hybridized carbons (Fsp3) is 0.524. The SMILES string of the molecule is O=C(O)CCC1CCCN(Cc2nn(-c3ccccc3)c3c2CCC3)C1. The zero-order valence-corrected chi connectivity index (χ0v) is 15.2. The largest absolute Gasteiger partial charge is 0.481 e. The lowest BCUT2D eigenvalue weighted by Gasteiger charge is -2.32. The van der Waals surface area contributed by atoms with Crippen molar-refractivity contribution >= 4 is 5.97 Å². The maximum atomic E-state index is 10.9. The number of rotatable bonds is 6. The third-order valence-corrected chi connectivity index (χ3v) is 5.76. The van der Waals surface area contributed by atoms with Crippen LogP contribution in [-0.4, -0.2) is 38.8 Å². The summed E-state index contributed by atoms with van der Waals surface area (Å²) in [4.78, 5) is 13.3. The Morgan fingerprint density at radius 2 is 2.04 bits per heavy atom. The van der Waals surface area contributed by atoms with Crippen molar-refractivity contribution in [1.82, 2.24) is 14.7 Å². The molecule has 1 aliphatic heterocycles. The van der Waals surface area contributed by atoms with Gasteiger partial charge in [-0.1, -0.05) is 18.2 Å². The van der Waals surface area contributed by atoms with Crippen LogP contribution in [0.3, 0.4) is 0 Å². The Bertz CT molecular complexity index is 769. The van der Waals surface area contributed by atoms with Gasteiger partial charge in [0.25, 0.3) is 0 Å². The summed E-state index contributed by atoms with van der Waals surface area (Å²) in [5.41, 5.74) is 5.20. The first kappa shape index (κ1) is 17.3. The van der Waals surface area contributed by atoms with Crippen LogP contribution in [0.5, 0.6) is 0 Å². The zero-order chi connectivity index (χ0) is 17.9. The van der Waals surface area contributed by atoms with Crippen LogP contribution in [0.25, 0.3) is 5.69 Å². The first-order valence-corrected chi connectivity index (χ1v) is 9.80. The van der Waals surface area contributed by atoms with Crippen molar-refractivity contribution in [3.8, 4) is 5.69 Å². The Labute approximate surface area is 154 Å². The molecule has 5 heteroatoms. The van der Waals surface area contributed by atoms with E-state index >= 15 is 0 Å². The van der Waals surface area contributed by atoms with Crippen molar-refractivity contribution < 1.29 is 9.90 Å². The second-order valence-corrected chi connectivity index (χ2v) is 7.65. The fourth-order valence-electron chi connectivity index (χ4n) is 4.49. The molecule has 0 radical (unpaired) electrons. The molecule has 5 nitrogen and oxygen atoms in total. The van der Waals surface area contributed by atoms with Crippen LogP contribution in [0.2, 0.25) is 0 Å². The highest BCUT2D eigenvalue weighted by molar-refractivity contribution is 5.66. The number of carboxylic acids is 1. The van der Waals surface area contributed by atoms with Crippen LogP contribution in [0.4, 0.5) is 0 Å². The number of likely N-dealkylation sites (tertiary alicyclic amines) is 1. The predicted octanol–water partition coefficient (Wildman–Crippen LogP) is 3.44. The summed E-state index contributed by atoms with van der Waals surface area (Å²) in [6.45, 7) is 2.99. The van der Waals surface area contributed by atoms with Crippen molar-refractivity contribution in [2.45, 2.75) is 51.5 Å². The number of piperidine rings is 1. The molecular formula is C21H27N3O2. The summed E-state index contributed by atoms with van der Waals surface area (Å²) >= 11 is 0. The minimum absolute atomic E-state index is 0.288. The monoisotopic (exact) mass is 353 g/mol. The standard InChI is InChI=1S/C21H27N3O2/c25-21(26)12-11-16-6-5-13-23(14-16)15-19-18-9-4-10-20(18)24(22-19)17-7-2-1-3-8-17/h1-3,7-8,16H,4-6,9-15H2,(H,25,26). The number of nitrogens with zero attached hydrogens (tertiary/aromatic N) is 3. The number of para-hydroxylation sites is 1. The zero-order valence-electron chi connectivity index (χ0n) is 15.2. The molecule has 1 aromatic carbocycles. The number of fused-ring (bicyclic) bond motifs is 1. The molecule has 1 N–H and O–H groups in total. The lowest BCUT2D eigenvalue weighted by molar-refractivity contribution is -0.137. The van der Waals surface area contributed by atoms with Gasteiger partial charge in [-0.3, -0.25) is 9.69 Å². The molecule has 0 amide bonds. The third kappa shape index (κ3) is 3.68. The topological polar surface area (TPSA) is 58.4 Å². The molecule has 26 heavy (non-hydrogen) atoms. The van der Waals surface area contributed by atoms with Crippen LogP contribution in [0.1, 0.15) is 49.1 Å². The van der Waals surface area contributed by atoms with Gasteiger partial charge in [0.05, 0.1) is 11.4 Å². The van der Waals surface area contributed by atoms with E-state index in [-0.39, 0.29) is 6.42 Å². The minimum Gasteiger partial charge on any atom is -0.481 e. The van der Waals surface area contributed by atoms with E-state index in [9.17, 15) is 4.79 Å². The van der Waals surface area contributed by atoms with E-state index in [1.54, 1.807) is 0 Å². The van der Waals surface area contributed by atoms with Crippen molar-refractivity contribution in [2.24, 2.45) is 5.92 Å². The summed E-state index contributed by atoms with van der Waals surface area (Å²) in [7, 11) is 0. The van der Waals surface area contributed by atoms with E-state index in [1.807, 2.05) is 6.07 Å². The van der Waals surface area contributed by atoms with Gasteiger partial charge in [0, 0.05) is 25.2 Å². The molecule has 2 aliphatic rings. The Morgan fingerprint density at radius 1 is 1.19 bits per heavy atom. The molecule has 138 valence electrons. The molecule has 0 bridgehead atoms. The quantitative estimate of drug-likeness (QED) is 0.864. The maximum Gasteiger partial charge on any atom is 0.303 e. The van der Waals surface area contributed by atoms with Crippen molar-refractivity contribution in [3.63, 3.8) is 0 Å². The van der Waals surface area contributed by atoms with Crippen molar-refractivity contribution in [1.29, 1.82) is 0 Å². The van der Waals surface area contributed by atoms with E-state index in [1.165, 1.54) is 23.4 Å². The van der Waals surface area contributed by atoms with Crippen LogP contribution < -0.4 is 0 Å². The second-order valence-electron chi connectivity index (χ2n) is 7.65. The van der Waals surface area contributed by atoms with E-state index in [4.69, 9.17) is 10.2 Å². The number of aliphatic carboxylic acids is 1. The summed E-state index contributed by atoms with van der Waals surface area (Å²) in [5, 5.41) is 13.9. The van der Waals surface area contributed by atoms with Crippen molar-refractivity contribution in [3.05, 3.63) is 47.3 Å². The number of carbonyl (C=O) groups is 1. The molecule has 2 aromatic rings. The summed E-state index contributed by atoms with van der Waals surface area (Å²) in [6.07, 6.45) is 6.85. The average molecular weight is 353 g/mol. The maximum absolute atomic E-state index is 10.9. The predicted molar refractivity (Wildman–Crippen MR) is 100 cm³/mol. The summed E-state index contributed by atoms with van der Waals surface area (Å²) in [5.74, 6) is -0.175. The molecule has 1 aromatic heterocycles. The molecule has 0 spiro atoms. The smallest absolute Gasteiger partial charge is 0.303 e. The molecule has 1 aliphatic carbocycles. The number of carboxylic acid groups (broad SMARTS) is 1. The highest BCUT2D eigenvalue weighted by Crippen LogP contribution is 2.30. The number of hydrogen-bond donors (Lipinski definition) is 1. The van der Waals surface area contributed by atoms with Gasteiger partial charge in [-0.05, 0) is 68.7 Å². The van der Waals surface area contributed by atoms with Gasteiger partial charge in [0.2, 0.25) is 0 Å². The van der Waals surface area contributed by atoms with Crippen molar-refractivity contribution in [2.75, 3.05) is 13.1 Å². The number of benzene rings is 1. The van der Waals surface area contributed by atoms with Gasteiger partial charge in [-0.25, -0.2) is 4.68 Å². The molecule has 2 heterocycles. The Morgan fingerprint density at radius 3 is 2.85 bits per heavy atom. The van der Waals surface area contributed by atoms with E-state index in [0.717, 1.165) is 57.4 Å². The molecule has 0 saturated carbocycles.